The topological polar surface area (TPSA) is 25.8 Å². The summed E-state index contributed by atoms with van der Waals surface area (Å²) in [6, 6.07) is 12.7. The van der Waals surface area contributed by atoms with E-state index in [0.29, 0.717) is 0 Å². The Morgan fingerprint density at radius 1 is 0.920 bits per heavy atom. The van der Waals surface area contributed by atoms with Crippen molar-refractivity contribution in [1.82, 2.24) is 9.97 Å². The quantitative estimate of drug-likeness (QED) is 0.554. The van der Waals surface area contributed by atoms with Gasteiger partial charge in [0.25, 0.3) is 0 Å². The summed E-state index contributed by atoms with van der Waals surface area (Å²) in [5.74, 6) is 0. The maximum atomic E-state index is 4.86. The number of pyridine rings is 1. The summed E-state index contributed by atoms with van der Waals surface area (Å²) in [6.45, 7) is 13.8. The lowest BCUT2D eigenvalue weighted by molar-refractivity contribution is 0.602. The van der Waals surface area contributed by atoms with E-state index >= 15 is 0 Å². The van der Waals surface area contributed by atoms with Gasteiger partial charge in [0, 0.05) is 28.4 Å². The molecule has 3 rings (SSSR count). The SMILES string of the molecule is CC(C)(C)c1cnc(-c2cc([Si](C)(C)C)cnc2-c2ccccc2)s1. The van der Waals surface area contributed by atoms with E-state index in [0.717, 1.165) is 21.8 Å². The van der Waals surface area contributed by atoms with Crippen LogP contribution in [0.4, 0.5) is 0 Å². The largest absolute Gasteiger partial charge is 0.256 e. The molecule has 0 saturated heterocycles. The average molecular weight is 367 g/mol. The first-order chi connectivity index (χ1) is 11.7. The number of rotatable bonds is 3. The fourth-order valence-electron chi connectivity index (χ4n) is 2.61. The molecular formula is C21H26N2SSi. The fourth-order valence-corrected chi connectivity index (χ4v) is 4.63. The molecule has 0 aliphatic heterocycles. The molecule has 0 aliphatic carbocycles. The molecular weight excluding hydrogens is 340 g/mol. The van der Waals surface area contributed by atoms with Gasteiger partial charge in [0.05, 0.1) is 13.8 Å². The Morgan fingerprint density at radius 3 is 2.16 bits per heavy atom. The molecule has 2 aromatic heterocycles. The highest BCUT2D eigenvalue weighted by atomic mass is 32.1. The molecule has 2 nitrogen and oxygen atoms in total. The predicted molar refractivity (Wildman–Crippen MR) is 112 cm³/mol. The van der Waals surface area contributed by atoms with E-state index < -0.39 is 8.07 Å². The zero-order valence-corrected chi connectivity index (χ0v) is 17.7. The number of hydrogen-bond acceptors (Lipinski definition) is 3. The molecule has 3 aromatic rings. The van der Waals surface area contributed by atoms with Gasteiger partial charge in [0.2, 0.25) is 0 Å². The Bertz CT molecular complexity index is 871. The van der Waals surface area contributed by atoms with Crippen LogP contribution in [0.25, 0.3) is 21.8 Å². The fraction of sp³-hybridized carbons (Fsp3) is 0.333. The van der Waals surface area contributed by atoms with Gasteiger partial charge < -0.3 is 0 Å². The highest BCUT2D eigenvalue weighted by Crippen LogP contribution is 2.36. The first kappa shape index (κ1) is 18.0. The second kappa shape index (κ2) is 6.50. The second-order valence-corrected chi connectivity index (χ2v) is 14.6. The number of hydrogen-bond donors (Lipinski definition) is 0. The van der Waals surface area contributed by atoms with Crippen LogP contribution in [0.2, 0.25) is 19.6 Å². The number of benzene rings is 1. The van der Waals surface area contributed by atoms with Gasteiger partial charge >= 0.3 is 0 Å². The van der Waals surface area contributed by atoms with Crippen LogP contribution in [-0.2, 0) is 5.41 Å². The van der Waals surface area contributed by atoms with E-state index in [-0.39, 0.29) is 5.41 Å². The van der Waals surface area contributed by atoms with Gasteiger partial charge in [-0.25, -0.2) is 4.98 Å². The molecule has 0 radical (unpaired) electrons. The summed E-state index contributed by atoms with van der Waals surface area (Å²) in [7, 11) is -1.44. The molecule has 0 saturated carbocycles. The van der Waals surface area contributed by atoms with Crippen LogP contribution in [0.1, 0.15) is 25.6 Å². The number of aromatic nitrogens is 2. The van der Waals surface area contributed by atoms with Crippen LogP contribution in [0, 0.1) is 0 Å². The minimum absolute atomic E-state index is 0.118. The molecule has 0 unspecified atom stereocenters. The van der Waals surface area contributed by atoms with Gasteiger partial charge in [-0.05, 0) is 16.7 Å². The second-order valence-electron chi connectivity index (χ2n) is 8.52. The summed E-state index contributed by atoms with van der Waals surface area (Å²) in [4.78, 5) is 10.9. The molecule has 25 heavy (non-hydrogen) atoms. The Hall–Kier alpha value is -1.78. The van der Waals surface area contributed by atoms with Gasteiger partial charge in [-0.2, -0.15) is 0 Å². The number of nitrogens with zero attached hydrogens (tertiary/aromatic N) is 2. The normalized spacial score (nSPS) is 12.4. The monoisotopic (exact) mass is 366 g/mol. The molecule has 2 heterocycles. The minimum Gasteiger partial charge on any atom is -0.256 e. The zero-order valence-electron chi connectivity index (χ0n) is 15.9. The van der Waals surface area contributed by atoms with Crippen molar-refractivity contribution in [2.24, 2.45) is 0 Å². The molecule has 0 bridgehead atoms. The van der Waals surface area contributed by atoms with Crippen molar-refractivity contribution >= 4 is 24.6 Å². The number of thiazole rings is 1. The molecule has 0 amide bonds. The van der Waals surface area contributed by atoms with E-state index in [1.807, 2.05) is 12.3 Å². The van der Waals surface area contributed by atoms with Gasteiger partial charge in [-0.3, -0.25) is 4.98 Å². The minimum atomic E-state index is -1.44. The maximum Gasteiger partial charge on any atom is 0.125 e. The van der Waals surface area contributed by atoms with Gasteiger partial charge in [0.1, 0.15) is 5.01 Å². The summed E-state index contributed by atoms with van der Waals surface area (Å²) in [5, 5.41) is 2.44. The van der Waals surface area contributed by atoms with E-state index in [4.69, 9.17) is 9.97 Å². The third-order valence-electron chi connectivity index (χ3n) is 4.28. The molecule has 0 N–H and O–H groups in total. The lowest BCUT2D eigenvalue weighted by atomic mass is 9.96. The molecule has 0 spiro atoms. The van der Waals surface area contributed by atoms with Crippen molar-refractivity contribution < 1.29 is 0 Å². The van der Waals surface area contributed by atoms with E-state index in [9.17, 15) is 0 Å². The standard InChI is InChI=1S/C21H26N2SSi/c1-21(2,3)18-14-23-20(24-18)17-12-16(25(4,5)6)13-22-19(17)15-10-8-7-9-11-15/h7-14H,1-6H3. The van der Waals surface area contributed by atoms with Gasteiger partial charge in [0.15, 0.2) is 0 Å². The maximum absolute atomic E-state index is 4.86. The Morgan fingerprint density at radius 2 is 1.60 bits per heavy atom. The van der Waals surface area contributed by atoms with Crippen LogP contribution in [0.5, 0.6) is 0 Å². The molecule has 1 aromatic carbocycles. The van der Waals surface area contributed by atoms with Crippen molar-refractivity contribution in [3.8, 4) is 21.8 Å². The van der Waals surface area contributed by atoms with Crippen molar-refractivity contribution in [3.63, 3.8) is 0 Å². The van der Waals surface area contributed by atoms with Gasteiger partial charge in [-0.15, -0.1) is 11.3 Å². The average Bonchev–Trinajstić information content (AvgIpc) is 3.04. The lowest BCUT2D eigenvalue weighted by Gasteiger charge is -2.18. The smallest absolute Gasteiger partial charge is 0.125 e. The Labute approximate surface area is 156 Å². The first-order valence-corrected chi connectivity index (χ1v) is 13.0. The van der Waals surface area contributed by atoms with Crippen molar-refractivity contribution in [3.05, 3.63) is 53.7 Å². The Balaban J connectivity index is 2.19. The zero-order chi connectivity index (χ0) is 18.2. The summed E-state index contributed by atoms with van der Waals surface area (Å²) in [5.41, 5.74) is 3.45. The third kappa shape index (κ3) is 3.91. The van der Waals surface area contributed by atoms with Crippen LogP contribution in [0.15, 0.2) is 48.8 Å². The first-order valence-electron chi connectivity index (χ1n) is 8.69. The van der Waals surface area contributed by atoms with Crippen LogP contribution >= 0.6 is 11.3 Å². The van der Waals surface area contributed by atoms with Crippen molar-refractivity contribution in [1.29, 1.82) is 0 Å². The predicted octanol–water partition coefficient (Wildman–Crippen LogP) is 5.71. The van der Waals surface area contributed by atoms with Crippen LogP contribution in [-0.4, -0.2) is 18.0 Å². The molecule has 0 atom stereocenters. The van der Waals surface area contributed by atoms with Crippen LogP contribution in [0.3, 0.4) is 0 Å². The van der Waals surface area contributed by atoms with Crippen LogP contribution < -0.4 is 5.19 Å². The van der Waals surface area contributed by atoms with Gasteiger partial charge in [-0.1, -0.05) is 70.7 Å². The van der Waals surface area contributed by atoms with E-state index in [2.05, 4.69) is 76.9 Å². The summed E-state index contributed by atoms with van der Waals surface area (Å²) in [6.07, 6.45) is 4.09. The highest BCUT2D eigenvalue weighted by Gasteiger charge is 2.23. The summed E-state index contributed by atoms with van der Waals surface area (Å²) < 4.78 is 0. The molecule has 0 aliphatic rings. The third-order valence-corrected chi connectivity index (χ3v) is 7.74. The molecule has 0 fully saturated rings. The highest BCUT2D eigenvalue weighted by molar-refractivity contribution is 7.15. The lowest BCUT2D eigenvalue weighted by Crippen LogP contribution is -2.38. The molecule has 130 valence electrons. The van der Waals surface area contributed by atoms with Crippen molar-refractivity contribution in [2.45, 2.75) is 45.8 Å². The summed E-state index contributed by atoms with van der Waals surface area (Å²) >= 11 is 1.79. The van der Waals surface area contributed by atoms with E-state index in [1.54, 1.807) is 11.3 Å². The van der Waals surface area contributed by atoms with E-state index in [1.165, 1.54) is 10.1 Å². The molecule has 4 heteroatoms. The van der Waals surface area contributed by atoms with Crippen molar-refractivity contribution in [2.75, 3.05) is 0 Å². The Kier molecular flexibility index (Phi) is 4.69.